The number of unbranched alkanes of at least 4 members (excludes halogenated alkanes) is 3. The van der Waals surface area contributed by atoms with Gasteiger partial charge in [-0.3, -0.25) is 0 Å². The van der Waals surface area contributed by atoms with Crippen LogP contribution >= 0.6 is 0 Å². The van der Waals surface area contributed by atoms with Crippen LogP contribution in [0.2, 0.25) is 0 Å². The van der Waals surface area contributed by atoms with Crippen molar-refractivity contribution in [2.45, 2.75) is 70.3 Å². The van der Waals surface area contributed by atoms with Gasteiger partial charge in [0.05, 0.1) is 18.1 Å². The van der Waals surface area contributed by atoms with Crippen molar-refractivity contribution in [3.63, 3.8) is 0 Å². The maximum atomic E-state index is 11.0. The lowest BCUT2D eigenvalue weighted by atomic mass is 9.80. The predicted octanol–water partition coefficient (Wildman–Crippen LogP) is 4.70. The molecule has 1 aromatic rings. The van der Waals surface area contributed by atoms with Crippen LogP contribution in [-0.4, -0.2) is 24.9 Å². The zero-order valence-electron chi connectivity index (χ0n) is 14.5. The second kappa shape index (κ2) is 7.61. The van der Waals surface area contributed by atoms with E-state index in [4.69, 9.17) is 4.74 Å². The van der Waals surface area contributed by atoms with Gasteiger partial charge in [-0.2, -0.15) is 0 Å². The number of benzene rings is 1. The van der Waals surface area contributed by atoms with Gasteiger partial charge in [-0.05, 0) is 18.4 Å². The van der Waals surface area contributed by atoms with E-state index in [0.717, 1.165) is 19.3 Å². The molecule has 1 aliphatic rings. The van der Waals surface area contributed by atoms with Crippen molar-refractivity contribution in [3.05, 3.63) is 35.9 Å². The summed E-state index contributed by atoms with van der Waals surface area (Å²) in [6, 6.07) is 10.5. The summed E-state index contributed by atoms with van der Waals surface area (Å²) in [5.74, 6) is 0. The second-order valence-electron chi connectivity index (χ2n) is 6.89. The van der Waals surface area contributed by atoms with Crippen LogP contribution in [0, 0.1) is 5.41 Å². The molecule has 1 aromatic carbocycles. The molecule has 2 rings (SSSR count). The Bertz CT molecular complexity index is 444. The Balaban J connectivity index is 2.24. The Morgan fingerprint density at radius 2 is 1.73 bits per heavy atom. The molecule has 1 fully saturated rings. The highest BCUT2D eigenvalue weighted by molar-refractivity contribution is 5.43. The van der Waals surface area contributed by atoms with Gasteiger partial charge in [0.25, 0.3) is 0 Å². The lowest BCUT2D eigenvalue weighted by molar-refractivity contribution is 0.137. The Labute approximate surface area is 135 Å². The highest BCUT2D eigenvalue weighted by Crippen LogP contribution is 2.69. The third-order valence-electron chi connectivity index (χ3n) is 5.63. The van der Waals surface area contributed by atoms with E-state index in [1.165, 1.54) is 31.2 Å². The topological polar surface area (TPSA) is 29.5 Å². The van der Waals surface area contributed by atoms with Gasteiger partial charge in [-0.15, -0.1) is 0 Å². The summed E-state index contributed by atoms with van der Waals surface area (Å²) in [7, 11) is 1.75. The van der Waals surface area contributed by atoms with Gasteiger partial charge >= 0.3 is 0 Å². The molecular formula is C20H32O2. The van der Waals surface area contributed by atoms with E-state index >= 15 is 0 Å². The summed E-state index contributed by atoms with van der Waals surface area (Å²) < 4.78 is 5.56. The van der Waals surface area contributed by atoms with Crippen molar-refractivity contribution in [2.24, 2.45) is 5.41 Å². The molecule has 0 amide bonds. The molecule has 2 nitrogen and oxygen atoms in total. The highest BCUT2D eigenvalue weighted by atomic mass is 16.5. The van der Waals surface area contributed by atoms with E-state index in [1.54, 1.807) is 7.11 Å². The molecule has 0 bridgehead atoms. The molecule has 0 aliphatic heterocycles. The Hall–Kier alpha value is -0.860. The second-order valence-corrected chi connectivity index (χ2v) is 6.89. The number of hydrogen-bond donors (Lipinski definition) is 1. The number of hydrogen-bond acceptors (Lipinski definition) is 2. The van der Waals surface area contributed by atoms with E-state index in [2.05, 4.69) is 38.1 Å². The number of aliphatic hydroxyl groups is 1. The Morgan fingerprint density at radius 1 is 1.00 bits per heavy atom. The van der Waals surface area contributed by atoms with Gasteiger partial charge in [0.2, 0.25) is 0 Å². The average Bonchev–Trinajstić information content (AvgIpc) is 3.04. The van der Waals surface area contributed by atoms with Crippen LogP contribution in [0.1, 0.15) is 64.4 Å². The van der Waals surface area contributed by atoms with Crippen molar-refractivity contribution in [3.8, 4) is 0 Å². The minimum atomic E-state index is -0.274. The zero-order chi connectivity index (χ0) is 16.1. The van der Waals surface area contributed by atoms with Gasteiger partial charge in [0.1, 0.15) is 0 Å². The fourth-order valence-electron chi connectivity index (χ4n) is 4.51. The third kappa shape index (κ3) is 2.83. The molecular weight excluding hydrogens is 272 g/mol. The van der Waals surface area contributed by atoms with E-state index in [9.17, 15) is 5.11 Å². The van der Waals surface area contributed by atoms with Crippen molar-refractivity contribution >= 4 is 0 Å². The number of methoxy groups -OCH3 is 1. The van der Waals surface area contributed by atoms with Gasteiger partial charge in [0.15, 0.2) is 0 Å². The van der Waals surface area contributed by atoms with Crippen LogP contribution in [-0.2, 0) is 10.2 Å². The lowest BCUT2D eigenvalue weighted by Crippen LogP contribution is -2.25. The minimum Gasteiger partial charge on any atom is -0.391 e. The number of ether oxygens (including phenoxy) is 1. The normalized spacial score (nSPS) is 30.5. The zero-order valence-corrected chi connectivity index (χ0v) is 14.5. The highest BCUT2D eigenvalue weighted by Gasteiger charge is 2.75. The molecule has 1 saturated carbocycles. The molecule has 1 N–H and O–H groups in total. The first-order chi connectivity index (χ1) is 10.7. The molecule has 0 saturated heterocycles. The average molecular weight is 304 g/mol. The fraction of sp³-hybridized carbons (Fsp3) is 0.700. The van der Waals surface area contributed by atoms with Crippen molar-refractivity contribution in [1.82, 2.24) is 0 Å². The van der Waals surface area contributed by atoms with E-state index in [-0.39, 0.29) is 16.9 Å². The minimum absolute atomic E-state index is 0.00680. The lowest BCUT2D eigenvalue weighted by Gasteiger charge is -2.25. The summed E-state index contributed by atoms with van der Waals surface area (Å²) in [4.78, 5) is 0. The number of rotatable bonds is 10. The first-order valence-electron chi connectivity index (χ1n) is 8.92. The summed E-state index contributed by atoms with van der Waals surface area (Å²) in [5.41, 5.74) is 1.05. The predicted molar refractivity (Wildman–Crippen MR) is 92.1 cm³/mol. The van der Waals surface area contributed by atoms with Crippen LogP contribution in [0.5, 0.6) is 0 Å². The monoisotopic (exact) mass is 304 g/mol. The quantitative estimate of drug-likeness (QED) is 0.635. The molecule has 22 heavy (non-hydrogen) atoms. The smallest absolute Gasteiger partial charge is 0.0731 e. The summed E-state index contributed by atoms with van der Waals surface area (Å²) in [6.45, 7) is 5.08. The molecule has 124 valence electrons. The molecule has 0 unspecified atom stereocenters. The summed E-state index contributed by atoms with van der Waals surface area (Å²) in [6.07, 6.45) is 8.06. The largest absolute Gasteiger partial charge is 0.391 e. The van der Waals surface area contributed by atoms with Crippen LogP contribution < -0.4 is 0 Å². The SMILES string of the molecule is CCCCCC[C@@]1(CCC)[C@@H](O)[C@]1(COC)c1ccccc1. The summed E-state index contributed by atoms with van der Waals surface area (Å²) >= 11 is 0. The first-order valence-corrected chi connectivity index (χ1v) is 8.92. The molecule has 0 spiro atoms. The van der Waals surface area contributed by atoms with Crippen LogP contribution in [0.4, 0.5) is 0 Å². The Morgan fingerprint density at radius 3 is 2.32 bits per heavy atom. The van der Waals surface area contributed by atoms with Gasteiger partial charge in [0, 0.05) is 12.5 Å². The van der Waals surface area contributed by atoms with E-state index < -0.39 is 0 Å². The Kier molecular flexibility index (Phi) is 6.05. The number of aliphatic hydroxyl groups excluding tert-OH is 1. The fourth-order valence-corrected chi connectivity index (χ4v) is 4.51. The van der Waals surface area contributed by atoms with Crippen LogP contribution in [0.25, 0.3) is 0 Å². The van der Waals surface area contributed by atoms with Crippen molar-refractivity contribution in [1.29, 1.82) is 0 Å². The molecule has 2 heteroatoms. The van der Waals surface area contributed by atoms with Crippen molar-refractivity contribution < 1.29 is 9.84 Å². The van der Waals surface area contributed by atoms with Crippen LogP contribution in [0.3, 0.4) is 0 Å². The maximum Gasteiger partial charge on any atom is 0.0731 e. The molecule has 3 atom stereocenters. The first kappa shape index (κ1) is 17.5. The third-order valence-corrected chi connectivity index (χ3v) is 5.63. The summed E-state index contributed by atoms with van der Waals surface area (Å²) in [5, 5.41) is 11.0. The molecule has 1 aliphatic carbocycles. The maximum absolute atomic E-state index is 11.0. The van der Waals surface area contributed by atoms with Crippen LogP contribution in [0.15, 0.2) is 30.3 Å². The molecule has 0 aromatic heterocycles. The van der Waals surface area contributed by atoms with Gasteiger partial charge in [-0.25, -0.2) is 0 Å². The standard InChI is InChI=1S/C20H32O2/c1-4-6-7-11-15-19(14-5-2)18(21)20(19,16-22-3)17-12-9-8-10-13-17/h8-10,12-13,18,21H,4-7,11,14-16H2,1-3H3/t18-,19+,20+/m1/s1. The molecule has 0 radical (unpaired) electrons. The van der Waals surface area contributed by atoms with E-state index in [1.807, 2.05) is 6.07 Å². The molecule has 0 heterocycles. The van der Waals surface area contributed by atoms with Gasteiger partial charge in [-0.1, -0.05) is 76.3 Å². The van der Waals surface area contributed by atoms with Crippen molar-refractivity contribution in [2.75, 3.05) is 13.7 Å². The van der Waals surface area contributed by atoms with Gasteiger partial charge < -0.3 is 9.84 Å². The van der Waals surface area contributed by atoms with E-state index in [0.29, 0.717) is 6.61 Å².